The highest BCUT2D eigenvalue weighted by Gasteiger charge is 2.18. The van der Waals surface area contributed by atoms with E-state index in [4.69, 9.17) is 0 Å². The van der Waals surface area contributed by atoms with Crippen molar-refractivity contribution in [1.29, 1.82) is 0 Å². The molecule has 0 saturated carbocycles. The topological polar surface area (TPSA) is 20.2 Å². The van der Waals surface area contributed by atoms with Crippen molar-refractivity contribution in [3.63, 3.8) is 0 Å². The maximum Gasteiger partial charge on any atom is 0.152 e. The van der Waals surface area contributed by atoms with Gasteiger partial charge in [-0.25, -0.2) is 0 Å². The van der Waals surface area contributed by atoms with E-state index in [0.717, 1.165) is 11.1 Å². The van der Waals surface area contributed by atoms with Gasteiger partial charge in [-0.1, -0.05) is 90.1 Å². The Morgan fingerprint density at radius 2 is 0.864 bits per heavy atom. The Balaban J connectivity index is 2.23. The van der Waals surface area contributed by atoms with Crippen LogP contribution in [-0.2, 0) is 10.8 Å². The van der Waals surface area contributed by atoms with Crippen LogP contribution in [0.2, 0.25) is 0 Å². The van der Waals surface area contributed by atoms with Crippen molar-refractivity contribution in [1.82, 2.24) is 0 Å². The largest absolute Gasteiger partial charge is 0.377 e. The van der Waals surface area contributed by atoms with E-state index < -0.39 is 0 Å². The maximum atomic E-state index is 10.5. The monoisotopic (exact) mass is 295 g/mol. The molecule has 2 aromatic carbocycles. The molecule has 1 radical (unpaired) electrons. The minimum absolute atomic E-state index is 0.127. The summed E-state index contributed by atoms with van der Waals surface area (Å²) in [7, 11) is 0. The van der Waals surface area contributed by atoms with Gasteiger partial charge >= 0.3 is 0 Å². The van der Waals surface area contributed by atoms with E-state index in [9.17, 15) is 5.11 Å². The van der Waals surface area contributed by atoms with Crippen molar-refractivity contribution in [2.75, 3.05) is 0 Å². The Kier molecular flexibility index (Phi) is 4.49. The summed E-state index contributed by atoms with van der Waals surface area (Å²) in [5.41, 5.74) is 4.51. The van der Waals surface area contributed by atoms with Crippen LogP contribution >= 0.6 is 0 Å². The summed E-state index contributed by atoms with van der Waals surface area (Å²) in [4.78, 5) is 0. The first-order valence-corrected chi connectivity index (χ1v) is 7.87. The molecule has 2 aromatic rings. The molecule has 0 heterocycles. The van der Waals surface area contributed by atoms with Gasteiger partial charge < -0.3 is 5.11 Å². The van der Waals surface area contributed by atoms with E-state index in [1.807, 2.05) is 24.3 Å². The highest BCUT2D eigenvalue weighted by atomic mass is 16.3. The van der Waals surface area contributed by atoms with Crippen molar-refractivity contribution in [3.05, 3.63) is 76.9 Å². The van der Waals surface area contributed by atoms with E-state index in [1.54, 1.807) is 0 Å². The van der Waals surface area contributed by atoms with Crippen LogP contribution < -0.4 is 0 Å². The normalized spacial score (nSPS) is 12.7. The molecule has 117 valence electrons. The second kappa shape index (κ2) is 5.89. The lowest BCUT2D eigenvalue weighted by atomic mass is 9.85. The molecule has 0 aliphatic carbocycles. The zero-order valence-corrected chi connectivity index (χ0v) is 14.6. The Morgan fingerprint density at radius 3 is 1.09 bits per heavy atom. The third-order valence-corrected chi connectivity index (χ3v) is 4.05. The maximum absolute atomic E-state index is 10.5. The molecular formula is C21H27O. The number of hydrogen-bond acceptors (Lipinski definition) is 1. The van der Waals surface area contributed by atoms with Crippen LogP contribution in [0.1, 0.15) is 63.8 Å². The minimum atomic E-state index is 0.127. The molecule has 0 atom stereocenters. The van der Waals surface area contributed by atoms with Crippen LogP contribution in [0, 0.1) is 6.10 Å². The van der Waals surface area contributed by atoms with Gasteiger partial charge in [-0.05, 0) is 33.1 Å². The van der Waals surface area contributed by atoms with E-state index in [1.165, 1.54) is 11.1 Å². The predicted octanol–water partition coefficient (Wildman–Crippen LogP) is 5.58. The number of aliphatic hydroxyl groups excluding tert-OH is 1. The van der Waals surface area contributed by atoms with E-state index in [0.29, 0.717) is 6.10 Å². The molecule has 0 aromatic heterocycles. The molecule has 0 bridgehead atoms. The molecule has 1 nitrogen and oxygen atoms in total. The Labute approximate surface area is 135 Å². The highest BCUT2D eigenvalue weighted by molar-refractivity contribution is 5.44. The van der Waals surface area contributed by atoms with Crippen molar-refractivity contribution >= 4 is 0 Å². The first-order chi connectivity index (χ1) is 10.1. The lowest BCUT2D eigenvalue weighted by Gasteiger charge is -2.21. The zero-order valence-electron chi connectivity index (χ0n) is 14.6. The quantitative estimate of drug-likeness (QED) is 0.766. The summed E-state index contributed by atoms with van der Waals surface area (Å²) in [6.07, 6.45) is 0.334. The van der Waals surface area contributed by atoms with Crippen molar-refractivity contribution in [2.45, 2.75) is 52.4 Å². The average Bonchev–Trinajstić information content (AvgIpc) is 2.45. The number of aliphatic hydroxyl groups is 1. The van der Waals surface area contributed by atoms with Gasteiger partial charge in [0.05, 0.1) is 0 Å². The molecule has 0 amide bonds. The molecule has 2 rings (SSSR count). The Hall–Kier alpha value is -1.60. The SMILES string of the molecule is CC(C)(C)c1ccc([C](O)c2ccc(C(C)(C)C)cc2)cc1. The number of hydrogen-bond donors (Lipinski definition) is 1. The fourth-order valence-electron chi connectivity index (χ4n) is 2.42. The predicted molar refractivity (Wildman–Crippen MR) is 93.7 cm³/mol. The summed E-state index contributed by atoms with van der Waals surface area (Å²) in [6.45, 7) is 13.1. The molecule has 22 heavy (non-hydrogen) atoms. The molecule has 0 spiro atoms. The summed E-state index contributed by atoms with van der Waals surface area (Å²) in [5, 5.41) is 10.5. The van der Waals surface area contributed by atoms with Gasteiger partial charge in [0.25, 0.3) is 0 Å². The number of rotatable bonds is 2. The smallest absolute Gasteiger partial charge is 0.152 e. The van der Waals surface area contributed by atoms with Crippen LogP contribution in [0.5, 0.6) is 0 Å². The second-order valence-corrected chi connectivity index (χ2v) is 8.00. The van der Waals surface area contributed by atoms with Gasteiger partial charge in [0.2, 0.25) is 0 Å². The van der Waals surface area contributed by atoms with Crippen molar-refractivity contribution in [2.24, 2.45) is 0 Å². The second-order valence-electron chi connectivity index (χ2n) is 8.00. The van der Waals surface area contributed by atoms with Crippen molar-refractivity contribution < 1.29 is 5.11 Å². The lowest BCUT2D eigenvalue weighted by Crippen LogP contribution is -2.12. The average molecular weight is 295 g/mol. The molecule has 0 unspecified atom stereocenters. The van der Waals surface area contributed by atoms with Crippen LogP contribution in [0.25, 0.3) is 0 Å². The van der Waals surface area contributed by atoms with Crippen LogP contribution in [0.15, 0.2) is 48.5 Å². The molecule has 0 fully saturated rings. The third-order valence-electron chi connectivity index (χ3n) is 4.05. The van der Waals surface area contributed by atoms with E-state index in [-0.39, 0.29) is 10.8 Å². The summed E-state index contributed by atoms with van der Waals surface area (Å²) >= 11 is 0. The summed E-state index contributed by atoms with van der Waals surface area (Å²) in [5.74, 6) is 0. The lowest BCUT2D eigenvalue weighted by molar-refractivity contribution is 0.356. The van der Waals surface area contributed by atoms with Gasteiger partial charge in [-0.3, -0.25) is 0 Å². The molecule has 0 aliphatic heterocycles. The molecule has 0 aliphatic rings. The van der Waals surface area contributed by atoms with Gasteiger partial charge in [0.1, 0.15) is 0 Å². The number of benzene rings is 2. The molecular weight excluding hydrogens is 268 g/mol. The molecule has 1 heteroatoms. The first kappa shape index (κ1) is 16.8. The van der Waals surface area contributed by atoms with Crippen LogP contribution in [0.4, 0.5) is 0 Å². The van der Waals surface area contributed by atoms with Crippen molar-refractivity contribution in [3.8, 4) is 0 Å². The zero-order chi connectivity index (χ0) is 16.5. The third kappa shape index (κ3) is 3.78. The van der Waals surface area contributed by atoms with Gasteiger partial charge in [0, 0.05) is 0 Å². The van der Waals surface area contributed by atoms with E-state index in [2.05, 4.69) is 65.8 Å². The molecule has 0 saturated heterocycles. The first-order valence-electron chi connectivity index (χ1n) is 7.87. The standard InChI is InChI=1S/C21H27O/c1-20(2,3)17-11-7-15(8-12-17)19(22)16-9-13-18(14-10-16)21(4,5)6/h7-14,22H,1-6H3. The van der Waals surface area contributed by atoms with Gasteiger partial charge in [-0.15, -0.1) is 0 Å². The minimum Gasteiger partial charge on any atom is -0.377 e. The van der Waals surface area contributed by atoms with Gasteiger partial charge in [0.15, 0.2) is 6.10 Å². The fourth-order valence-corrected chi connectivity index (χ4v) is 2.42. The summed E-state index contributed by atoms with van der Waals surface area (Å²) < 4.78 is 0. The van der Waals surface area contributed by atoms with Crippen LogP contribution in [0.3, 0.4) is 0 Å². The summed E-state index contributed by atoms with van der Waals surface area (Å²) in [6, 6.07) is 16.3. The van der Waals surface area contributed by atoms with E-state index >= 15 is 0 Å². The Bertz CT molecular complexity index is 549. The Morgan fingerprint density at radius 1 is 0.591 bits per heavy atom. The molecule has 1 N–H and O–H groups in total. The fraction of sp³-hybridized carbons (Fsp3) is 0.381. The van der Waals surface area contributed by atoms with Gasteiger partial charge in [-0.2, -0.15) is 0 Å². The highest BCUT2D eigenvalue weighted by Crippen LogP contribution is 2.28. The van der Waals surface area contributed by atoms with Crippen LogP contribution in [-0.4, -0.2) is 5.11 Å².